The van der Waals surface area contributed by atoms with Gasteiger partial charge in [-0.05, 0) is 43.9 Å². The first-order valence-corrected chi connectivity index (χ1v) is 7.48. The molecule has 0 spiro atoms. The van der Waals surface area contributed by atoms with E-state index >= 15 is 0 Å². The largest absolute Gasteiger partial charge is 0.389 e. The zero-order chi connectivity index (χ0) is 15.2. The molecular weight excluding hydrogens is 268 g/mol. The molecule has 5 nitrogen and oxygen atoms in total. The van der Waals surface area contributed by atoms with Crippen LogP contribution in [0.3, 0.4) is 0 Å². The van der Waals surface area contributed by atoms with Gasteiger partial charge in [0.2, 0.25) is 0 Å². The van der Waals surface area contributed by atoms with Crippen LogP contribution in [0.5, 0.6) is 0 Å². The second-order valence-corrected chi connectivity index (χ2v) is 5.60. The normalized spacial score (nSPS) is 19.9. The topological polar surface area (TPSA) is 61.8 Å². The Labute approximate surface area is 125 Å². The molecule has 1 aromatic carbocycles. The van der Waals surface area contributed by atoms with Crippen molar-refractivity contribution in [1.82, 2.24) is 4.90 Å². The number of hydrogen-bond donors (Lipinski definition) is 2. The Hall–Kier alpha value is -1.59. The molecular formula is C16H24N2O3. The number of carbonyl (C=O) groups is 1. The Morgan fingerprint density at radius 3 is 3.00 bits per heavy atom. The fourth-order valence-electron chi connectivity index (χ4n) is 2.43. The van der Waals surface area contributed by atoms with Gasteiger partial charge < -0.3 is 20.1 Å². The van der Waals surface area contributed by atoms with Crippen molar-refractivity contribution in [2.45, 2.75) is 38.4 Å². The highest BCUT2D eigenvalue weighted by Gasteiger charge is 2.18. The quantitative estimate of drug-likeness (QED) is 0.897. The van der Waals surface area contributed by atoms with E-state index in [1.54, 1.807) is 24.9 Å². The molecule has 0 saturated carbocycles. The van der Waals surface area contributed by atoms with E-state index in [1.807, 2.05) is 18.2 Å². The van der Waals surface area contributed by atoms with Crippen molar-refractivity contribution in [1.29, 1.82) is 0 Å². The van der Waals surface area contributed by atoms with E-state index in [0.29, 0.717) is 12.2 Å². The standard InChI is InChI=1S/C16H24N2O3/c1-12(19)13-6-5-7-14(10-13)17-16(20)18(2)11-15-8-3-4-9-21-15/h5-7,10,12,15,19H,3-4,8-9,11H2,1-2H3,(H,17,20). The van der Waals surface area contributed by atoms with Crippen molar-refractivity contribution in [2.24, 2.45) is 0 Å². The van der Waals surface area contributed by atoms with Gasteiger partial charge in [-0.25, -0.2) is 4.79 Å². The van der Waals surface area contributed by atoms with Crippen molar-refractivity contribution in [3.8, 4) is 0 Å². The summed E-state index contributed by atoms with van der Waals surface area (Å²) in [6, 6.07) is 7.09. The number of nitrogens with one attached hydrogen (secondary N) is 1. The molecule has 2 atom stereocenters. The zero-order valence-corrected chi connectivity index (χ0v) is 12.7. The van der Waals surface area contributed by atoms with E-state index in [9.17, 15) is 9.90 Å². The molecule has 21 heavy (non-hydrogen) atoms. The van der Waals surface area contributed by atoms with Gasteiger partial charge in [-0.15, -0.1) is 0 Å². The predicted octanol–water partition coefficient (Wildman–Crippen LogP) is 2.77. The van der Waals surface area contributed by atoms with Crippen LogP contribution in [-0.2, 0) is 4.74 Å². The number of urea groups is 1. The summed E-state index contributed by atoms with van der Waals surface area (Å²) < 4.78 is 5.64. The Balaban J connectivity index is 1.89. The molecule has 2 N–H and O–H groups in total. The molecule has 1 saturated heterocycles. The number of benzene rings is 1. The van der Waals surface area contributed by atoms with Gasteiger partial charge in [0, 0.05) is 25.9 Å². The van der Waals surface area contributed by atoms with Gasteiger partial charge in [-0.3, -0.25) is 0 Å². The maximum absolute atomic E-state index is 12.2. The fraction of sp³-hybridized carbons (Fsp3) is 0.562. The maximum atomic E-state index is 12.2. The Kier molecular flexibility index (Phi) is 5.59. The van der Waals surface area contributed by atoms with E-state index in [1.165, 1.54) is 0 Å². The van der Waals surface area contributed by atoms with Crippen molar-refractivity contribution in [3.63, 3.8) is 0 Å². The molecule has 1 aliphatic heterocycles. The Morgan fingerprint density at radius 1 is 1.52 bits per heavy atom. The molecule has 2 unspecified atom stereocenters. The van der Waals surface area contributed by atoms with Crippen LogP contribution in [0.1, 0.15) is 37.9 Å². The number of rotatable bonds is 4. The smallest absolute Gasteiger partial charge is 0.321 e. The zero-order valence-electron chi connectivity index (χ0n) is 12.7. The van der Waals surface area contributed by atoms with Gasteiger partial charge in [-0.2, -0.15) is 0 Å². The van der Waals surface area contributed by atoms with Crippen LogP contribution in [-0.4, -0.2) is 42.3 Å². The molecule has 116 valence electrons. The van der Waals surface area contributed by atoms with E-state index in [0.717, 1.165) is 31.4 Å². The molecule has 1 aliphatic rings. The lowest BCUT2D eigenvalue weighted by molar-refractivity contribution is 0.00463. The van der Waals surface area contributed by atoms with Crippen molar-refractivity contribution >= 4 is 11.7 Å². The second kappa shape index (κ2) is 7.43. The van der Waals surface area contributed by atoms with E-state index in [4.69, 9.17) is 4.74 Å². The summed E-state index contributed by atoms with van der Waals surface area (Å²) in [7, 11) is 1.77. The van der Waals surface area contributed by atoms with Gasteiger partial charge >= 0.3 is 6.03 Å². The summed E-state index contributed by atoms with van der Waals surface area (Å²) in [6.07, 6.45) is 2.87. The molecule has 1 aromatic rings. The highest BCUT2D eigenvalue weighted by molar-refractivity contribution is 5.89. The first-order chi connectivity index (χ1) is 10.1. The van der Waals surface area contributed by atoms with Gasteiger partial charge in [0.1, 0.15) is 0 Å². The number of carbonyl (C=O) groups excluding carboxylic acids is 1. The molecule has 0 radical (unpaired) electrons. The third-order valence-corrected chi connectivity index (χ3v) is 3.72. The van der Waals surface area contributed by atoms with E-state index < -0.39 is 6.10 Å². The summed E-state index contributed by atoms with van der Waals surface area (Å²) >= 11 is 0. The molecule has 2 amide bonds. The van der Waals surface area contributed by atoms with Crippen LogP contribution in [0.2, 0.25) is 0 Å². The summed E-state index contributed by atoms with van der Waals surface area (Å²) in [5.41, 5.74) is 1.47. The summed E-state index contributed by atoms with van der Waals surface area (Å²) in [6.45, 7) is 3.09. The minimum Gasteiger partial charge on any atom is -0.389 e. The van der Waals surface area contributed by atoms with Crippen LogP contribution < -0.4 is 5.32 Å². The number of ether oxygens (including phenoxy) is 1. The number of nitrogens with zero attached hydrogens (tertiary/aromatic N) is 1. The molecule has 0 aliphatic carbocycles. The average Bonchev–Trinajstić information content (AvgIpc) is 2.48. The number of aliphatic hydroxyl groups excluding tert-OH is 1. The monoisotopic (exact) mass is 292 g/mol. The second-order valence-electron chi connectivity index (χ2n) is 5.60. The van der Waals surface area contributed by atoms with Gasteiger partial charge in [0.05, 0.1) is 12.2 Å². The molecule has 2 rings (SSSR count). The summed E-state index contributed by atoms with van der Waals surface area (Å²) in [5.74, 6) is 0. The minimum absolute atomic E-state index is 0.137. The minimum atomic E-state index is -0.546. The number of likely N-dealkylation sites (N-methyl/N-ethyl adjacent to an activating group) is 1. The van der Waals surface area contributed by atoms with E-state index in [-0.39, 0.29) is 12.1 Å². The van der Waals surface area contributed by atoms with Crippen LogP contribution in [0.25, 0.3) is 0 Å². The molecule has 0 aromatic heterocycles. The third-order valence-electron chi connectivity index (χ3n) is 3.72. The molecule has 1 heterocycles. The SMILES string of the molecule is CC(O)c1cccc(NC(=O)N(C)CC2CCCCO2)c1. The van der Waals surface area contributed by atoms with Gasteiger partial charge in [0.25, 0.3) is 0 Å². The predicted molar refractivity (Wildman–Crippen MR) is 82.3 cm³/mol. The number of anilines is 1. The molecule has 0 bridgehead atoms. The average molecular weight is 292 g/mol. The Morgan fingerprint density at radius 2 is 2.33 bits per heavy atom. The van der Waals surface area contributed by atoms with E-state index in [2.05, 4.69) is 5.32 Å². The number of amides is 2. The number of hydrogen-bond acceptors (Lipinski definition) is 3. The van der Waals surface area contributed by atoms with Crippen LogP contribution in [0.4, 0.5) is 10.5 Å². The summed E-state index contributed by atoms with van der Waals surface area (Å²) in [5, 5.41) is 12.4. The van der Waals surface area contributed by atoms with Crippen LogP contribution in [0, 0.1) is 0 Å². The fourth-order valence-corrected chi connectivity index (χ4v) is 2.43. The van der Waals surface area contributed by atoms with Crippen molar-refractivity contribution in [3.05, 3.63) is 29.8 Å². The number of aliphatic hydroxyl groups is 1. The lowest BCUT2D eigenvalue weighted by Gasteiger charge is -2.27. The lowest BCUT2D eigenvalue weighted by Crippen LogP contribution is -2.39. The molecule has 1 fully saturated rings. The van der Waals surface area contributed by atoms with Crippen LogP contribution >= 0.6 is 0 Å². The van der Waals surface area contributed by atoms with Gasteiger partial charge in [0.15, 0.2) is 0 Å². The molecule has 5 heteroatoms. The highest BCUT2D eigenvalue weighted by Crippen LogP contribution is 2.18. The van der Waals surface area contributed by atoms with Crippen molar-refractivity contribution in [2.75, 3.05) is 25.5 Å². The Bertz CT molecular complexity index is 470. The summed E-state index contributed by atoms with van der Waals surface area (Å²) in [4.78, 5) is 13.8. The highest BCUT2D eigenvalue weighted by atomic mass is 16.5. The first kappa shape index (κ1) is 15.8. The maximum Gasteiger partial charge on any atom is 0.321 e. The first-order valence-electron chi connectivity index (χ1n) is 7.48. The lowest BCUT2D eigenvalue weighted by atomic mass is 10.1. The van der Waals surface area contributed by atoms with Crippen molar-refractivity contribution < 1.29 is 14.6 Å². The third kappa shape index (κ3) is 4.72. The van der Waals surface area contributed by atoms with Gasteiger partial charge in [-0.1, -0.05) is 12.1 Å². The van der Waals surface area contributed by atoms with Crippen LogP contribution in [0.15, 0.2) is 24.3 Å².